The molecule has 1 aromatic carbocycles. The van der Waals surface area contributed by atoms with Gasteiger partial charge in [-0.2, -0.15) is 0 Å². The molecular formula is C16H21N3OS. The standard InChI is InChI=1S/C16H21N3OS/c1-10(2)9-19-6-7-20-14-5-4-12(8-13(14)19)15-11(3)21-16(17)18-15/h4-5,8,10H,6-7,9H2,1-3H3,(H2,17,18). The Balaban J connectivity index is 2.01. The first-order chi connectivity index (χ1) is 10.0. The van der Waals surface area contributed by atoms with Gasteiger partial charge in [0.15, 0.2) is 5.13 Å². The van der Waals surface area contributed by atoms with Gasteiger partial charge in [-0.05, 0) is 31.0 Å². The monoisotopic (exact) mass is 303 g/mol. The molecule has 2 heterocycles. The van der Waals surface area contributed by atoms with Crippen molar-refractivity contribution in [2.75, 3.05) is 30.3 Å². The van der Waals surface area contributed by atoms with Crippen LogP contribution in [-0.2, 0) is 0 Å². The smallest absolute Gasteiger partial charge is 0.180 e. The summed E-state index contributed by atoms with van der Waals surface area (Å²) < 4.78 is 5.78. The van der Waals surface area contributed by atoms with Crippen molar-refractivity contribution in [3.05, 3.63) is 23.1 Å². The molecule has 1 aliphatic heterocycles. The van der Waals surface area contributed by atoms with Crippen LogP contribution < -0.4 is 15.4 Å². The van der Waals surface area contributed by atoms with Gasteiger partial charge in [0, 0.05) is 17.0 Å². The average molecular weight is 303 g/mol. The fraction of sp³-hybridized carbons (Fsp3) is 0.438. The molecule has 0 radical (unpaired) electrons. The van der Waals surface area contributed by atoms with E-state index in [1.165, 1.54) is 17.0 Å². The van der Waals surface area contributed by atoms with Crippen molar-refractivity contribution in [1.82, 2.24) is 4.98 Å². The van der Waals surface area contributed by atoms with Crippen molar-refractivity contribution < 1.29 is 4.74 Å². The predicted octanol–water partition coefficient (Wildman–Crippen LogP) is 3.56. The normalized spacial score (nSPS) is 14.2. The molecule has 0 unspecified atom stereocenters. The van der Waals surface area contributed by atoms with E-state index in [0.717, 1.165) is 41.6 Å². The molecule has 0 aliphatic carbocycles. The minimum atomic E-state index is 0.621. The summed E-state index contributed by atoms with van der Waals surface area (Å²) in [6.45, 7) is 9.27. The number of nitrogen functional groups attached to an aromatic ring is 1. The zero-order chi connectivity index (χ0) is 15.0. The number of fused-ring (bicyclic) bond motifs is 1. The molecule has 0 atom stereocenters. The van der Waals surface area contributed by atoms with Gasteiger partial charge in [0.25, 0.3) is 0 Å². The zero-order valence-electron chi connectivity index (χ0n) is 12.7. The summed E-state index contributed by atoms with van der Waals surface area (Å²) in [5, 5.41) is 0.621. The highest BCUT2D eigenvalue weighted by Gasteiger charge is 2.20. The Morgan fingerprint density at radius 2 is 2.24 bits per heavy atom. The average Bonchev–Trinajstić information content (AvgIpc) is 2.77. The number of benzene rings is 1. The van der Waals surface area contributed by atoms with E-state index in [9.17, 15) is 0 Å². The second-order valence-corrected chi connectivity index (χ2v) is 7.06. The van der Waals surface area contributed by atoms with E-state index in [-0.39, 0.29) is 0 Å². The van der Waals surface area contributed by atoms with Crippen LogP contribution in [0, 0.1) is 12.8 Å². The van der Waals surface area contributed by atoms with Crippen LogP contribution in [0.2, 0.25) is 0 Å². The predicted molar refractivity (Wildman–Crippen MR) is 89.2 cm³/mol. The number of aryl methyl sites for hydroxylation is 1. The van der Waals surface area contributed by atoms with E-state index in [1.54, 1.807) is 0 Å². The van der Waals surface area contributed by atoms with Gasteiger partial charge in [-0.3, -0.25) is 0 Å². The number of nitrogens with zero attached hydrogens (tertiary/aromatic N) is 2. The quantitative estimate of drug-likeness (QED) is 0.942. The largest absolute Gasteiger partial charge is 0.490 e. The Morgan fingerprint density at radius 1 is 1.43 bits per heavy atom. The number of rotatable bonds is 3. The van der Waals surface area contributed by atoms with E-state index in [4.69, 9.17) is 10.5 Å². The second-order valence-electron chi connectivity index (χ2n) is 5.83. The van der Waals surface area contributed by atoms with Crippen LogP contribution in [-0.4, -0.2) is 24.7 Å². The lowest BCUT2D eigenvalue weighted by Crippen LogP contribution is -2.35. The van der Waals surface area contributed by atoms with Crippen molar-refractivity contribution in [2.45, 2.75) is 20.8 Å². The number of hydrogen-bond donors (Lipinski definition) is 1. The summed E-state index contributed by atoms with van der Waals surface area (Å²) in [5.41, 5.74) is 9.08. The van der Waals surface area contributed by atoms with Crippen molar-refractivity contribution in [1.29, 1.82) is 0 Å². The minimum Gasteiger partial charge on any atom is -0.490 e. The van der Waals surface area contributed by atoms with Gasteiger partial charge in [-0.1, -0.05) is 13.8 Å². The fourth-order valence-corrected chi connectivity index (χ4v) is 3.45. The van der Waals surface area contributed by atoms with Crippen LogP contribution >= 0.6 is 11.3 Å². The van der Waals surface area contributed by atoms with Crippen LogP contribution in [0.5, 0.6) is 5.75 Å². The van der Waals surface area contributed by atoms with Crippen LogP contribution in [0.25, 0.3) is 11.3 Å². The van der Waals surface area contributed by atoms with Gasteiger partial charge in [0.1, 0.15) is 12.4 Å². The molecule has 2 N–H and O–H groups in total. The topological polar surface area (TPSA) is 51.4 Å². The number of anilines is 2. The van der Waals surface area contributed by atoms with Gasteiger partial charge >= 0.3 is 0 Å². The molecule has 0 bridgehead atoms. The molecule has 0 spiro atoms. The molecule has 1 aliphatic rings. The molecule has 0 saturated heterocycles. The highest BCUT2D eigenvalue weighted by molar-refractivity contribution is 7.15. The van der Waals surface area contributed by atoms with E-state index in [0.29, 0.717) is 11.0 Å². The molecule has 2 aromatic rings. The Kier molecular flexibility index (Phi) is 3.76. The van der Waals surface area contributed by atoms with Gasteiger partial charge < -0.3 is 15.4 Å². The van der Waals surface area contributed by atoms with E-state index >= 15 is 0 Å². The highest BCUT2D eigenvalue weighted by Crippen LogP contribution is 2.37. The third-order valence-corrected chi connectivity index (χ3v) is 4.39. The summed E-state index contributed by atoms with van der Waals surface area (Å²) in [6.07, 6.45) is 0. The van der Waals surface area contributed by atoms with Gasteiger partial charge in [0.05, 0.1) is 17.9 Å². The summed E-state index contributed by atoms with van der Waals surface area (Å²) >= 11 is 1.53. The maximum atomic E-state index is 5.82. The SMILES string of the molecule is Cc1sc(N)nc1-c1ccc2c(c1)N(CC(C)C)CCO2. The number of nitrogens with two attached hydrogens (primary N) is 1. The molecule has 0 saturated carbocycles. The lowest BCUT2D eigenvalue weighted by atomic mass is 10.1. The maximum absolute atomic E-state index is 5.82. The first-order valence-corrected chi connectivity index (χ1v) is 8.11. The fourth-order valence-electron chi connectivity index (χ4n) is 2.74. The van der Waals surface area contributed by atoms with Crippen molar-refractivity contribution in [2.24, 2.45) is 5.92 Å². The van der Waals surface area contributed by atoms with E-state index in [2.05, 4.69) is 42.8 Å². The molecule has 1 aromatic heterocycles. The van der Waals surface area contributed by atoms with Crippen LogP contribution in [0.4, 0.5) is 10.8 Å². The third-order valence-electron chi connectivity index (χ3n) is 3.59. The zero-order valence-corrected chi connectivity index (χ0v) is 13.5. The summed E-state index contributed by atoms with van der Waals surface area (Å²) in [5.74, 6) is 1.59. The summed E-state index contributed by atoms with van der Waals surface area (Å²) in [7, 11) is 0. The third kappa shape index (κ3) is 2.83. The summed E-state index contributed by atoms with van der Waals surface area (Å²) in [4.78, 5) is 8.01. The van der Waals surface area contributed by atoms with Crippen molar-refractivity contribution in [3.8, 4) is 17.0 Å². The molecule has 4 nitrogen and oxygen atoms in total. The van der Waals surface area contributed by atoms with Crippen LogP contribution in [0.3, 0.4) is 0 Å². The van der Waals surface area contributed by atoms with Crippen LogP contribution in [0.15, 0.2) is 18.2 Å². The Hall–Kier alpha value is -1.75. The van der Waals surface area contributed by atoms with Crippen molar-refractivity contribution in [3.63, 3.8) is 0 Å². The van der Waals surface area contributed by atoms with Crippen molar-refractivity contribution >= 4 is 22.2 Å². The molecular weight excluding hydrogens is 282 g/mol. The highest BCUT2D eigenvalue weighted by atomic mass is 32.1. The second kappa shape index (κ2) is 5.56. The number of aromatic nitrogens is 1. The van der Waals surface area contributed by atoms with E-state index < -0.39 is 0 Å². The number of ether oxygens (including phenoxy) is 1. The Bertz CT molecular complexity index is 651. The minimum absolute atomic E-state index is 0.621. The van der Waals surface area contributed by atoms with Crippen LogP contribution in [0.1, 0.15) is 18.7 Å². The Labute approximate surface area is 129 Å². The molecule has 112 valence electrons. The Morgan fingerprint density at radius 3 is 2.90 bits per heavy atom. The first kappa shape index (κ1) is 14.2. The first-order valence-electron chi connectivity index (χ1n) is 7.29. The molecule has 3 rings (SSSR count). The van der Waals surface area contributed by atoms with Gasteiger partial charge in [-0.15, -0.1) is 11.3 Å². The molecule has 5 heteroatoms. The maximum Gasteiger partial charge on any atom is 0.180 e. The summed E-state index contributed by atoms with van der Waals surface area (Å²) in [6, 6.07) is 6.30. The molecule has 21 heavy (non-hydrogen) atoms. The van der Waals surface area contributed by atoms with Gasteiger partial charge in [-0.25, -0.2) is 4.98 Å². The lowest BCUT2D eigenvalue weighted by molar-refractivity contribution is 0.304. The lowest BCUT2D eigenvalue weighted by Gasteiger charge is -2.32. The number of thiazole rings is 1. The van der Waals surface area contributed by atoms with Gasteiger partial charge in [0.2, 0.25) is 0 Å². The molecule has 0 amide bonds. The van der Waals surface area contributed by atoms with E-state index in [1.807, 2.05) is 6.07 Å². The number of hydrogen-bond acceptors (Lipinski definition) is 5. The molecule has 0 fully saturated rings.